The Bertz CT molecular complexity index is 1260. The first kappa shape index (κ1) is 29.1. The van der Waals surface area contributed by atoms with E-state index in [0.717, 1.165) is 55.3 Å². The van der Waals surface area contributed by atoms with Gasteiger partial charge in [-0.1, -0.05) is 29.8 Å². The predicted molar refractivity (Wildman–Crippen MR) is 154 cm³/mol. The summed E-state index contributed by atoms with van der Waals surface area (Å²) in [4.78, 5) is 12.2. The second kappa shape index (κ2) is 11.6. The largest absolute Gasteiger partial charge is 0.494 e. The molecule has 0 aromatic heterocycles. The lowest BCUT2D eigenvalue weighted by Crippen LogP contribution is -2.59. The molecule has 9 heteroatoms. The van der Waals surface area contributed by atoms with Crippen molar-refractivity contribution in [1.82, 2.24) is 0 Å². The summed E-state index contributed by atoms with van der Waals surface area (Å²) < 4.78 is 42.1. The van der Waals surface area contributed by atoms with Gasteiger partial charge in [-0.3, -0.25) is 4.55 Å². The molecule has 41 heavy (non-hydrogen) atoms. The highest BCUT2D eigenvalue weighted by Crippen LogP contribution is 2.64. The second-order valence-corrected chi connectivity index (χ2v) is 14.2. The fourth-order valence-corrected chi connectivity index (χ4v) is 8.49. The molecule has 224 valence electrons. The number of nitrogens with two attached hydrogens (primary N) is 1. The van der Waals surface area contributed by atoms with E-state index < -0.39 is 21.7 Å². The van der Waals surface area contributed by atoms with Crippen molar-refractivity contribution < 1.29 is 32.2 Å². The molecule has 6 fully saturated rings. The first-order valence-corrected chi connectivity index (χ1v) is 16.7. The van der Waals surface area contributed by atoms with Crippen LogP contribution >= 0.6 is 0 Å². The summed E-state index contributed by atoms with van der Waals surface area (Å²) in [6.45, 7) is 3.19. The molecule has 2 aromatic carbocycles. The number of ether oxygens (including phenoxy) is 2. The molecule has 1 heterocycles. The minimum Gasteiger partial charge on any atom is -0.494 e. The summed E-state index contributed by atoms with van der Waals surface area (Å²) in [5, 5.41) is 0. The maximum Gasteiger partial charge on any atom is 0.294 e. The molecule has 2 spiro atoms. The number of rotatable bonds is 6. The third-order valence-corrected chi connectivity index (χ3v) is 10.8. The van der Waals surface area contributed by atoms with Gasteiger partial charge in [0.25, 0.3) is 10.1 Å². The summed E-state index contributed by atoms with van der Waals surface area (Å²) in [5.74, 6) is 3.41. The highest BCUT2D eigenvalue weighted by Gasteiger charge is 2.66. The number of benzene rings is 2. The normalized spacial score (nSPS) is 35.4. The van der Waals surface area contributed by atoms with Gasteiger partial charge in [-0.05, 0) is 112 Å². The molecule has 8 nitrogen and oxygen atoms in total. The van der Waals surface area contributed by atoms with Crippen molar-refractivity contribution in [2.75, 3.05) is 13.2 Å². The SMILES string of the molecule is Cc1ccc(S(=O)(=O)O)cc1.NCCCOc1ccc(C2CCC3(CC2)OOC2(O3)C3CC4CC(C3)CC2C4)cc1. The van der Waals surface area contributed by atoms with Crippen LogP contribution in [0.5, 0.6) is 5.75 Å². The minimum atomic E-state index is -4.02. The number of hydrogen-bond acceptors (Lipinski definition) is 7. The standard InChI is InChI=1S/C25H35NO4.C7H8O3S/c26-10-1-11-27-23-4-2-19(3-5-23)20-6-8-24(9-7-20)28-25(30-29-24)21-13-17-12-18(15-21)16-22(25)14-17;1-6-2-4-7(5-3-6)11(8,9)10/h2-5,17-18,20-22H,1,6-16,26H2;2-5H,1H3,(H,8,9,10). The molecule has 4 bridgehead atoms. The van der Waals surface area contributed by atoms with Gasteiger partial charge in [-0.2, -0.15) is 18.2 Å². The highest BCUT2D eigenvalue weighted by atomic mass is 32.2. The maximum absolute atomic E-state index is 10.5. The predicted octanol–water partition coefficient (Wildman–Crippen LogP) is 6.14. The van der Waals surface area contributed by atoms with Gasteiger partial charge in [0.2, 0.25) is 11.6 Å². The number of hydrogen-bond donors (Lipinski definition) is 2. The Morgan fingerprint density at radius 2 is 1.51 bits per heavy atom. The summed E-state index contributed by atoms with van der Waals surface area (Å²) in [7, 11) is -4.02. The van der Waals surface area contributed by atoms with Crippen molar-refractivity contribution in [3.8, 4) is 5.75 Å². The van der Waals surface area contributed by atoms with Gasteiger partial charge >= 0.3 is 0 Å². The van der Waals surface area contributed by atoms with E-state index in [1.807, 2.05) is 6.92 Å². The summed E-state index contributed by atoms with van der Waals surface area (Å²) >= 11 is 0. The number of aryl methyl sites for hydroxylation is 1. The van der Waals surface area contributed by atoms with Crippen molar-refractivity contribution >= 4 is 10.1 Å². The van der Waals surface area contributed by atoms with Crippen molar-refractivity contribution in [2.45, 2.75) is 93.5 Å². The summed E-state index contributed by atoms with van der Waals surface area (Å²) in [6, 6.07) is 14.6. The molecule has 5 saturated carbocycles. The van der Waals surface area contributed by atoms with E-state index in [0.29, 0.717) is 30.9 Å². The molecule has 1 saturated heterocycles. The first-order chi connectivity index (χ1) is 19.7. The van der Waals surface area contributed by atoms with Gasteiger partial charge in [0, 0.05) is 24.7 Å². The summed E-state index contributed by atoms with van der Waals surface area (Å²) in [5.41, 5.74) is 7.88. The zero-order valence-electron chi connectivity index (χ0n) is 23.9. The molecule has 8 rings (SSSR count). The van der Waals surface area contributed by atoms with E-state index in [4.69, 9.17) is 29.5 Å². The van der Waals surface area contributed by atoms with Crippen LogP contribution in [-0.2, 0) is 24.6 Å². The molecule has 6 aliphatic rings. The van der Waals surface area contributed by atoms with E-state index >= 15 is 0 Å². The van der Waals surface area contributed by atoms with Crippen LogP contribution < -0.4 is 10.5 Å². The van der Waals surface area contributed by atoms with Crippen molar-refractivity contribution in [3.05, 3.63) is 59.7 Å². The Hall–Kier alpha value is -2.01. The fourth-order valence-electron chi connectivity index (χ4n) is 8.01. The van der Waals surface area contributed by atoms with Crippen LogP contribution in [0.1, 0.15) is 81.3 Å². The second-order valence-electron chi connectivity index (χ2n) is 12.8. The van der Waals surface area contributed by atoms with E-state index in [2.05, 4.69) is 24.3 Å². The third kappa shape index (κ3) is 6.08. The van der Waals surface area contributed by atoms with Crippen LogP contribution in [0, 0.1) is 30.6 Å². The lowest BCUT2D eigenvalue weighted by Gasteiger charge is -2.57. The van der Waals surface area contributed by atoms with Gasteiger partial charge in [-0.25, -0.2) is 0 Å². The summed E-state index contributed by atoms with van der Waals surface area (Å²) in [6.07, 6.45) is 11.4. The van der Waals surface area contributed by atoms with Crippen LogP contribution in [-0.4, -0.2) is 37.7 Å². The molecule has 0 amide bonds. The van der Waals surface area contributed by atoms with Gasteiger partial charge in [0.15, 0.2) is 0 Å². The van der Waals surface area contributed by atoms with Crippen molar-refractivity contribution in [3.63, 3.8) is 0 Å². The molecule has 0 atom stereocenters. The molecular weight excluding hydrogens is 542 g/mol. The molecular formula is C32H43NO7S. The van der Waals surface area contributed by atoms with Gasteiger partial charge in [0.1, 0.15) is 5.75 Å². The monoisotopic (exact) mass is 585 g/mol. The maximum atomic E-state index is 10.5. The smallest absolute Gasteiger partial charge is 0.294 e. The molecule has 1 aliphatic heterocycles. The van der Waals surface area contributed by atoms with Crippen molar-refractivity contribution in [1.29, 1.82) is 0 Å². The topological polar surface area (TPSA) is 117 Å². The zero-order valence-corrected chi connectivity index (χ0v) is 24.7. The van der Waals surface area contributed by atoms with Crippen LogP contribution in [0.2, 0.25) is 0 Å². The van der Waals surface area contributed by atoms with E-state index in [1.165, 1.54) is 49.8 Å². The minimum absolute atomic E-state index is 0.0666. The fraction of sp³-hybridized carbons (Fsp3) is 0.625. The molecule has 2 aromatic rings. The third-order valence-electron chi connectivity index (χ3n) is 9.98. The molecule has 3 N–H and O–H groups in total. The van der Waals surface area contributed by atoms with E-state index in [1.54, 1.807) is 12.1 Å². The molecule has 0 radical (unpaired) electrons. The van der Waals surface area contributed by atoms with Crippen LogP contribution in [0.15, 0.2) is 53.4 Å². The Labute approximate surface area is 243 Å². The van der Waals surface area contributed by atoms with E-state index in [9.17, 15) is 8.42 Å². The van der Waals surface area contributed by atoms with Crippen molar-refractivity contribution in [2.24, 2.45) is 29.4 Å². The first-order valence-electron chi connectivity index (χ1n) is 15.2. The Morgan fingerprint density at radius 3 is 2.07 bits per heavy atom. The lowest BCUT2D eigenvalue weighted by molar-refractivity contribution is -0.390. The van der Waals surface area contributed by atoms with Crippen LogP contribution in [0.25, 0.3) is 0 Å². The van der Waals surface area contributed by atoms with Crippen LogP contribution in [0.4, 0.5) is 0 Å². The van der Waals surface area contributed by atoms with Gasteiger partial charge < -0.3 is 15.2 Å². The van der Waals surface area contributed by atoms with Gasteiger partial charge in [-0.15, -0.1) is 0 Å². The Kier molecular flexibility index (Phi) is 8.22. The average molecular weight is 586 g/mol. The zero-order chi connectivity index (χ0) is 28.7. The molecule has 5 aliphatic carbocycles. The Morgan fingerprint density at radius 1 is 0.902 bits per heavy atom. The lowest BCUT2D eigenvalue weighted by atomic mass is 9.53. The highest BCUT2D eigenvalue weighted by molar-refractivity contribution is 7.85. The molecule has 0 unspecified atom stereocenters. The van der Waals surface area contributed by atoms with Crippen LogP contribution in [0.3, 0.4) is 0 Å². The quantitative estimate of drug-likeness (QED) is 0.236. The average Bonchev–Trinajstić information content (AvgIpc) is 3.32. The Balaban J connectivity index is 0.000000233. The van der Waals surface area contributed by atoms with E-state index in [-0.39, 0.29) is 4.90 Å². The van der Waals surface area contributed by atoms with Gasteiger partial charge in [0.05, 0.1) is 11.5 Å².